The summed E-state index contributed by atoms with van der Waals surface area (Å²) in [5.41, 5.74) is 1.42. The van der Waals surface area contributed by atoms with Gasteiger partial charge in [-0.3, -0.25) is 4.79 Å². The first-order chi connectivity index (χ1) is 9.62. The monoisotopic (exact) mass is 374 g/mol. The van der Waals surface area contributed by atoms with Gasteiger partial charge in [0, 0.05) is 9.85 Å². The van der Waals surface area contributed by atoms with Gasteiger partial charge in [-0.05, 0) is 18.2 Å². The van der Waals surface area contributed by atoms with E-state index < -0.39 is 0 Å². The summed E-state index contributed by atoms with van der Waals surface area (Å²) in [5.74, 6) is 0.830. The van der Waals surface area contributed by atoms with E-state index in [1.54, 1.807) is 19.2 Å². The fourth-order valence-corrected chi connectivity index (χ4v) is 2.98. The average molecular weight is 376 g/mol. The number of methoxy groups -OCH3 is 1. The summed E-state index contributed by atoms with van der Waals surface area (Å²) in [7, 11) is 1.56. The third kappa shape index (κ3) is 3.94. The molecule has 0 fully saturated rings. The minimum atomic E-state index is -0.142. The van der Waals surface area contributed by atoms with Crippen LogP contribution in [0.4, 0.5) is 5.69 Å². The number of nitrogens with zero attached hydrogens (tertiary/aromatic N) is 1. The Labute approximate surface area is 134 Å². The number of halogens is 2. The molecule has 4 nitrogen and oxygen atoms in total. The van der Waals surface area contributed by atoms with Crippen LogP contribution in [-0.4, -0.2) is 18.0 Å². The Morgan fingerprint density at radius 2 is 2.35 bits per heavy atom. The number of benzene rings is 1. The Morgan fingerprint density at radius 1 is 1.55 bits per heavy atom. The molecule has 1 amide bonds. The van der Waals surface area contributed by atoms with Gasteiger partial charge < -0.3 is 10.1 Å². The van der Waals surface area contributed by atoms with Crippen LogP contribution in [0.25, 0.3) is 0 Å². The zero-order chi connectivity index (χ0) is 14.5. The lowest BCUT2D eigenvalue weighted by Gasteiger charge is -2.10. The van der Waals surface area contributed by atoms with Crippen LogP contribution in [0, 0.1) is 0 Å². The second kappa shape index (κ2) is 7.06. The SMILES string of the molecule is COc1ccc(Br)cc1NC(=O)Cc1nc(CCl)cs1. The molecule has 106 valence electrons. The predicted molar refractivity (Wildman–Crippen MR) is 84.7 cm³/mol. The van der Waals surface area contributed by atoms with Crippen molar-refractivity contribution < 1.29 is 9.53 Å². The molecule has 0 aliphatic carbocycles. The van der Waals surface area contributed by atoms with Gasteiger partial charge in [-0.15, -0.1) is 22.9 Å². The third-order valence-corrected chi connectivity index (χ3v) is 4.15. The number of alkyl halides is 1. The molecular weight excluding hydrogens is 364 g/mol. The van der Waals surface area contributed by atoms with Gasteiger partial charge in [-0.1, -0.05) is 15.9 Å². The van der Waals surface area contributed by atoms with Crippen LogP contribution in [0.15, 0.2) is 28.1 Å². The number of rotatable bonds is 5. The van der Waals surface area contributed by atoms with E-state index in [9.17, 15) is 4.79 Å². The zero-order valence-electron chi connectivity index (χ0n) is 10.7. The number of carbonyl (C=O) groups is 1. The van der Waals surface area contributed by atoms with E-state index in [0.717, 1.165) is 15.2 Å². The minimum absolute atomic E-state index is 0.142. The van der Waals surface area contributed by atoms with Gasteiger partial charge in [0.25, 0.3) is 0 Å². The van der Waals surface area contributed by atoms with Crippen LogP contribution in [-0.2, 0) is 17.1 Å². The Hall–Kier alpha value is -1.11. The van der Waals surface area contributed by atoms with Gasteiger partial charge in [-0.25, -0.2) is 4.98 Å². The van der Waals surface area contributed by atoms with Crippen LogP contribution in [0.5, 0.6) is 5.75 Å². The molecule has 0 unspecified atom stereocenters. The van der Waals surface area contributed by atoms with Crippen molar-refractivity contribution in [2.24, 2.45) is 0 Å². The number of amides is 1. The predicted octanol–water partition coefficient (Wildman–Crippen LogP) is 3.83. The second-order valence-corrected chi connectivity index (χ2v) is 6.06. The maximum absolute atomic E-state index is 12.0. The Bertz CT molecular complexity index is 618. The summed E-state index contributed by atoms with van der Waals surface area (Å²) in [6.07, 6.45) is 0.219. The molecule has 0 aliphatic rings. The molecule has 0 saturated heterocycles. The molecule has 7 heteroatoms. The normalized spacial score (nSPS) is 10.3. The number of carbonyl (C=O) groups excluding carboxylic acids is 1. The van der Waals surface area contributed by atoms with Gasteiger partial charge in [0.2, 0.25) is 5.91 Å². The topological polar surface area (TPSA) is 51.2 Å². The van der Waals surface area contributed by atoms with E-state index in [-0.39, 0.29) is 12.3 Å². The molecule has 2 aromatic rings. The van der Waals surface area contributed by atoms with Gasteiger partial charge in [0.15, 0.2) is 0 Å². The van der Waals surface area contributed by atoms with E-state index in [0.29, 0.717) is 17.3 Å². The van der Waals surface area contributed by atoms with E-state index in [2.05, 4.69) is 26.2 Å². The molecule has 0 aliphatic heterocycles. The highest BCUT2D eigenvalue weighted by Crippen LogP contribution is 2.28. The molecule has 1 aromatic carbocycles. The van der Waals surface area contributed by atoms with Crippen molar-refractivity contribution in [3.05, 3.63) is 38.8 Å². The fourth-order valence-electron chi connectivity index (χ4n) is 1.60. The van der Waals surface area contributed by atoms with E-state index in [1.807, 2.05) is 11.4 Å². The lowest BCUT2D eigenvalue weighted by Crippen LogP contribution is -2.15. The highest BCUT2D eigenvalue weighted by Gasteiger charge is 2.11. The van der Waals surface area contributed by atoms with Crippen molar-refractivity contribution in [3.63, 3.8) is 0 Å². The molecule has 0 saturated carbocycles. The highest BCUT2D eigenvalue weighted by molar-refractivity contribution is 9.10. The maximum atomic E-state index is 12.0. The summed E-state index contributed by atoms with van der Waals surface area (Å²) >= 11 is 10.5. The summed E-state index contributed by atoms with van der Waals surface area (Å²) in [5, 5.41) is 5.42. The number of hydrogen-bond acceptors (Lipinski definition) is 4. The summed E-state index contributed by atoms with van der Waals surface area (Å²) < 4.78 is 6.07. The van der Waals surface area contributed by atoms with Gasteiger partial charge in [-0.2, -0.15) is 0 Å². The standard InChI is InChI=1S/C13H12BrClN2O2S/c1-19-11-3-2-8(14)4-10(11)17-12(18)5-13-16-9(6-15)7-20-13/h2-4,7H,5-6H2,1H3,(H,17,18). The highest BCUT2D eigenvalue weighted by atomic mass is 79.9. The van der Waals surface area contributed by atoms with E-state index in [4.69, 9.17) is 16.3 Å². The largest absolute Gasteiger partial charge is 0.495 e. The first-order valence-corrected chi connectivity index (χ1v) is 7.95. The average Bonchev–Trinajstić information content (AvgIpc) is 2.86. The molecule has 1 heterocycles. The van der Waals surface area contributed by atoms with Crippen LogP contribution < -0.4 is 10.1 Å². The number of hydrogen-bond donors (Lipinski definition) is 1. The quantitative estimate of drug-likeness (QED) is 0.808. The van der Waals surface area contributed by atoms with Crippen molar-refractivity contribution in [1.82, 2.24) is 4.98 Å². The molecule has 2 rings (SSSR count). The summed E-state index contributed by atoms with van der Waals surface area (Å²) in [6.45, 7) is 0. The Balaban J connectivity index is 2.06. The van der Waals surface area contributed by atoms with E-state index >= 15 is 0 Å². The van der Waals surface area contributed by atoms with Crippen molar-refractivity contribution in [2.75, 3.05) is 12.4 Å². The molecule has 1 aromatic heterocycles. The van der Waals surface area contributed by atoms with E-state index in [1.165, 1.54) is 11.3 Å². The smallest absolute Gasteiger partial charge is 0.231 e. The summed E-state index contributed by atoms with van der Waals surface area (Å²) in [6, 6.07) is 5.43. The number of aromatic nitrogens is 1. The van der Waals surface area contributed by atoms with Gasteiger partial charge in [0.05, 0.1) is 30.8 Å². The lowest BCUT2D eigenvalue weighted by molar-refractivity contribution is -0.115. The van der Waals surface area contributed by atoms with Crippen LogP contribution >= 0.6 is 38.9 Å². The first kappa shape index (κ1) is 15.3. The zero-order valence-corrected chi connectivity index (χ0v) is 13.8. The van der Waals surface area contributed by atoms with Gasteiger partial charge in [0.1, 0.15) is 10.8 Å². The first-order valence-electron chi connectivity index (χ1n) is 5.75. The lowest BCUT2D eigenvalue weighted by atomic mass is 10.3. The van der Waals surface area contributed by atoms with Gasteiger partial charge >= 0.3 is 0 Å². The Kier molecular flexibility index (Phi) is 5.39. The van der Waals surface area contributed by atoms with Crippen molar-refractivity contribution in [1.29, 1.82) is 0 Å². The molecule has 0 spiro atoms. The van der Waals surface area contributed by atoms with Crippen LogP contribution in [0.2, 0.25) is 0 Å². The fraction of sp³-hybridized carbons (Fsp3) is 0.231. The molecular formula is C13H12BrClN2O2S. The number of ether oxygens (including phenoxy) is 1. The van der Waals surface area contributed by atoms with Crippen LogP contribution in [0.1, 0.15) is 10.7 Å². The minimum Gasteiger partial charge on any atom is -0.495 e. The van der Waals surface area contributed by atoms with Crippen molar-refractivity contribution in [3.8, 4) is 5.75 Å². The number of anilines is 1. The number of thiazole rings is 1. The molecule has 1 N–H and O–H groups in total. The molecule has 0 radical (unpaired) electrons. The molecule has 20 heavy (non-hydrogen) atoms. The van der Waals surface area contributed by atoms with Crippen molar-refractivity contribution >= 4 is 50.5 Å². The maximum Gasteiger partial charge on any atom is 0.231 e. The summed E-state index contributed by atoms with van der Waals surface area (Å²) in [4.78, 5) is 16.3. The Morgan fingerprint density at radius 3 is 3.00 bits per heavy atom. The third-order valence-electron chi connectivity index (χ3n) is 2.48. The number of nitrogens with one attached hydrogen (secondary N) is 1. The molecule has 0 atom stereocenters. The molecule has 0 bridgehead atoms. The van der Waals surface area contributed by atoms with Crippen LogP contribution in [0.3, 0.4) is 0 Å². The van der Waals surface area contributed by atoms with Crippen molar-refractivity contribution in [2.45, 2.75) is 12.3 Å². The second-order valence-electron chi connectivity index (χ2n) is 3.94.